The molecule has 294 valence electrons. The predicted octanol–water partition coefficient (Wildman–Crippen LogP) is 14.8. The van der Waals surface area contributed by atoms with E-state index in [4.69, 9.17) is 9.97 Å². The van der Waals surface area contributed by atoms with Gasteiger partial charge in [-0.2, -0.15) is 0 Å². The Kier molecular flexibility index (Phi) is 7.84. The molecule has 9 aromatic carbocycles. The highest BCUT2D eigenvalue weighted by atomic mass is 15.1. The van der Waals surface area contributed by atoms with Crippen molar-refractivity contribution in [1.29, 1.82) is 0 Å². The van der Waals surface area contributed by atoms with E-state index in [1.807, 2.05) is 24.3 Å². The maximum absolute atomic E-state index is 5.35. The highest BCUT2D eigenvalue weighted by Gasteiger charge is 2.25. The second-order valence-electron chi connectivity index (χ2n) is 16.1. The summed E-state index contributed by atoms with van der Waals surface area (Å²) < 4.78 is 7.38. The maximum Gasteiger partial charge on any atom is 0.160 e. The largest absolute Gasteiger partial charge is 0.309 e. The van der Waals surface area contributed by atoms with E-state index in [0.29, 0.717) is 5.82 Å². The summed E-state index contributed by atoms with van der Waals surface area (Å²) in [5.74, 6) is 0.698. The zero-order valence-corrected chi connectivity index (χ0v) is 34.1. The Morgan fingerprint density at radius 2 is 0.825 bits per heavy atom. The lowest BCUT2D eigenvalue weighted by Gasteiger charge is -2.14. The van der Waals surface area contributed by atoms with Gasteiger partial charge in [-0.3, -0.25) is 0 Å². The quantitative estimate of drug-likeness (QED) is 0.168. The molecule has 5 nitrogen and oxygen atoms in total. The monoisotopic (exact) mass is 803 g/mol. The molecule has 4 aromatic heterocycles. The fourth-order valence-electron chi connectivity index (χ4n) is 10.0. The first-order valence-electron chi connectivity index (χ1n) is 21.4. The lowest BCUT2D eigenvalue weighted by atomic mass is 10.0. The van der Waals surface area contributed by atoms with E-state index >= 15 is 0 Å². The number of hydrogen-bond donors (Lipinski definition) is 0. The van der Waals surface area contributed by atoms with E-state index in [1.54, 1.807) is 0 Å². The maximum atomic E-state index is 5.35. The Labute approximate surface area is 363 Å². The van der Waals surface area contributed by atoms with Crippen molar-refractivity contribution >= 4 is 65.4 Å². The van der Waals surface area contributed by atoms with Gasteiger partial charge in [0.15, 0.2) is 5.82 Å². The van der Waals surface area contributed by atoms with Crippen molar-refractivity contribution in [2.75, 3.05) is 0 Å². The topological polar surface area (TPSA) is 40.6 Å². The zero-order valence-electron chi connectivity index (χ0n) is 34.1. The lowest BCUT2D eigenvalue weighted by molar-refractivity contribution is 1.13. The van der Waals surface area contributed by atoms with Crippen LogP contribution in [-0.4, -0.2) is 23.7 Å². The first-order valence-corrected chi connectivity index (χ1v) is 21.4. The molecule has 0 saturated heterocycles. The van der Waals surface area contributed by atoms with Crippen molar-refractivity contribution in [2.24, 2.45) is 0 Å². The van der Waals surface area contributed by atoms with Crippen LogP contribution < -0.4 is 0 Å². The molecule has 63 heavy (non-hydrogen) atoms. The van der Waals surface area contributed by atoms with Crippen LogP contribution in [0.2, 0.25) is 0 Å². The molecule has 0 radical (unpaired) electrons. The van der Waals surface area contributed by atoms with Crippen molar-refractivity contribution in [3.63, 3.8) is 0 Å². The normalized spacial score (nSPS) is 11.8. The summed E-state index contributed by atoms with van der Waals surface area (Å²) in [4.78, 5) is 10.5. The third kappa shape index (κ3) is 5.36. The summed E-state index contributed by atoms with van der Waals surface area (Å²) in [6.07, 6.45) is 0. The third-order valence-corrected chi connectivity index (χ3v) is 12.6. The van der Waals surface area contributed by atoms with Crippen LogP contribution in [0.1, 0.15) is 0 Å². The Morgan fingerprint density at radius 3 is 1.54 bits per heavy atom. The SMILES string of the molecule is c1ccc(-c2cc(-c3cccc4c3c3ccc5c(c6ccccc6n5-c5cccc6c7ccccc7n(-c7ccccc7)c56)c3n4-c3ccccc3)nc(-c3ccccc3)n2)cc1. The van der Waals surface area contributed by atoms with Crippen molar-refractivity contribution in [3.05, 3.63) is 224 Å². The Bertz CT molecular complexity index is 3820. The van der Waals surface area contributed by atoms with Crippen LogP contribution in [0.15, 0.2) is 224 Å². The molecule has 0 bridgehead atoms. The minimum atomic E-state index is 0.698. The Hall–Kier alpha value is -8.54. The van der Waals surface area contributed by atoms with Gasteiger partial charge in [0, 0.05) is 60.4 Å². The van der Waals surface area contributed by atoms with Gasteiger partial charge in [-0.05, 0) is 60.7 Å². The molecule has 13 aromatic rings. The third-order valence-electron chi connectivity index (χ3n) is 12.6. The van der Waals surface area contributed by atoms with Gasteiger partial charge < -0.3 is 13.7 Å². The Balaban J connectivity index is 1.16. The van der Waals surface area contributed by atoms with Crippen LogP contribution >= 0.6 is 0 Å². The zero-order chi connectivity index (χ0) is 41.4. The molecule has 0 unspecified atom stereocenters. The fourth-order valence-corrected chi connectivity index (χ4v) is 10.0. The second-order valence-corrected chi connectivity index (χ2v) is 16.1. The second kappa shape index (κ2) is 14.0. The van der Waals surface area contributed by atoms with Gasteiger partial charge in [0.25, 0.3) is 0 Å². The number of para-hydroxylation sites is 5. The average molecular weight is 804 g/mol. The summed E-state index contributed by atoms with van der Waals surface area (Å²) in [5.41, 5.74) is 15.1. The Morgan fingerprint density at radius 1 is 0.302 bits per heavy atom. The van der Waals surface area contributed by atoms with Crippen LogP contribution in [0.25, 0.3) is 116 Å². The van der Waals surface area contributed by atoms with Gasteiger partial charge in [-0.1, -0.05) is 164 Å². The van der Waals surface area contributed by atoms with Gasteiger partial charge in [0.2, 0.25) is 0 Å². The molecule has 4 heterocycles. The molecule has 0 aliphatic heterocycles. The molecular formula is C58H37N5. The summed E-state index contributed by atoms with van der Waals surface area (Å²) in [6.45, 7) is 0. The highest BCUT2D eigenvalue weighted by Crippen LogP contribution is 2.46. The number of hydrogen-bond acceptors (Lipinski definition) is 2. The molecule has 0 aliphatic rings. The number of benzene rings is 9. The van der Waals surface area contributed by atoms with Crippen molar-refractivity contribution in [3.8, 4) is 51.0 Å². The standard InChI is InChI=1S/C58H37N5/c1-5-19-38(20-6-1)47-37-48(60-58(59-47)39-21-7-2-8-22-39)44-30-18-33-51-54(44)46-35-36-52-55(57(46)62(51)41-25-11-4-12-26-41)45-28-14-16-32-50(45)63(52)53-34-17-29-43-42-27-13-15-31-49(42)61(56(43)53)40-23-9-3-10-24-40/h1-37H. The van der Waals surface area contributed by atoms with E-state index in [-0.39, 0.29) is 0 Å². The van der Waals surface area contributed by atoms with Crippen LogP contribution in [0, 0.1) is 0 Å². The van der Waals surface area contributed by atoms with Crippen LogP contribution in [0.3, 0.4) is 0 Å². The molecular weight excluding hydrogens is 767 g/mol. The first-order chi connectivity index (χ1) is 31.3. The summed E-state index contributed by atoms with van der Waals surface area (Å²) in [6, 6.07) is 80.1. The molecule has 0 spiro atoms. The van der Waals surface area contributed by atoms with Crippen molar-refractivity contribution < 1.29 is 0 Å². The predicted molar refractivity (Wildman–Crippen MR) is 261 cm³/mol. The molecule has 0 N–H and O–H groups in total. The summed E-state index contributed by atoms with van der Waals surface area (Å²) >= 11 is 0. The number of fused-ring (bicyclic) bond motifs is 10. The van der Waals surface area contributed by atoms with E-state index in [0.717, 1.165) is 78.0 Å². The van der Waals surface area contributed by atoms with E-state index < -0.39 is 0 Å². The molecule has 0 amide bonds. The van der Waals surface area contributed by atoms with E-state index in [1.165, 1.54) is 32.6 Å². The van der Waals surface area contributed by atoms with Gasteiger partial charge in [-0.25, -0.2) is 9.97 Å². The summed E-state index contributed by atoms with van der Waals surface area (Å²) in [7, 11) is 0. The smallest absolute Gasteiger partial charge is 0.160 e. The average Bonchev–Trinajstić information content (AvgIpc) is 4.01. The fraction of sp³-hybridized carbons (Fsp3) is 0. The summed E-state index contributed by atoms with van der Waals surface area (Å²) in [5, 5.41) is 7.16. The molecule has 13 rings (SSSR count). The van der Waals surface area contributed by atoms with Crippen molar-refractivity contribution in [1.82, 2.24) is 23.7 Å². The van der Waals surface area contributed by atoms with Crippen LogP contribution in [0.5, 0.6) is 0 Å². The van der Waals surface area contributed by atoms with Gasteiger partial charge in [0.1, 0.15) is 0 Å². The molecule has 0 aliphatic carbocycles. The molecule has 0 fully saturated rings. The minimum Gasteiger partial charge on any atom is -0.309 e. The number of nitrogens with zero attached hydrogens (tertiary/aromatic N) is 5. The first kappa shape index (κ1) is 35.2. The number of rotatable bonds is 6. The number of aromatic nitrogens is 5. The van der Waals surface area contributed by atoms with Gasteiger partial charge in [-0.15, -0.1) is 0 Å². The molecule has 0 saturated carbocycles. The van der Waals surface area contributed by atoms with Crippen LogP contribution in [-0.2, 0) is 0 Å². The van der Waals surface area contributed by atoms with E-state index in [2.05, 4.69) is 214 Å². The lowest BCUT2D eigenvalue weighted by Crippen LogP contribution is -2.00. The van der Waals surface area contributed by atoms with E-state index in [9.17, 15) is 0 Å². The van der Waals surface area contributed by atoms with Crippen molar-refractivity contribution in [2.45, 2.75) is 0 Å². The van der Waals surface area contributed by atoms with Gasteiger partial charge >= 0.3 is 0 Å². The highest BCUT2D eigenvalue weighted by molar-refractivity contribution is 6.28. The molecule has 0 atom stereocenters. The van der Waals surface area contributed by atoms with Gasteiger partial charge in [0.05, 0.1) is 50.2 Å². The molecule has 5 heteroatoms. The van der Waals surface area contributed by atoms with Crippen LogP contribution in [0.4, 0.5) is 0 Å². The minimum absolute atomic E-state index is 0.698.